The number of likely N-dealkylation sites (tertiary alicyclic amines) is 1. The molecule has 1 fully saturated rings. The summed E-state index contributed by atoms with van der Waals surface area (Å²) in [7, 11) is 3.96. The van der Waals surface area contributed by atoms with Crippen molar-refractivity contribution in [3.63, 3.8) is 0 Å². The third-order valence-electron chi connectivity index (χ3n) is 5.46. The maximum Gasteiger partial charge on any atom is 0.290 e. The summed E-state index contributed by atoms with van der Waals surface area (Å²) < 4.78 is 1.97. The number of carbonyl (C=O) groups excluding carboxylic acids is 1. The number of thiophene rings is 1. The minimum absolute atomic E-state index is 0.143. The van der Waals surface area contributed by atoms with Gasteiger partial charge in [0.2, 0.25) is 5.91 Å². The Balaban J connectivity index is 0.000000755. The van der Waals surface area contributed by atoms with Crippen LogP contribution in [-0.2, 0) is 29.1 Å². The number of carboxylic acid groups (broad SMARTS) is 1. The van der Waals surface area contributed by atoms with Gasteiger partial charge in [-0.1, -0.05) is 6.07 Å². The van der Waals surface area contributed by atoms with Gasteiger partial charge in [0.05, 0.1) is 6.42 Å². The van der Waals surface area contributed by atoms with Crippen LogP contribution < -0.4 is 5.56 Å². The zero-order valence-electron chi connectivity index (χ0n) is 16.8. The molecule has 0 spiro atoms. The lowest BCUT2D eigenvalue weighted by Gasteiger charge is -2.43. The first-order valence-electron chi connectivity index (χ1n) is 9.67. The summed E-state index contributed by atoms with van der Waals surface area (Å²) in [6.07, 6.45) is 1.56. The van der Waals surface area contributed by atoms with Gasteiger partial charge in [-0.3, -0.25) is 14.4 Å². The van der Waals surface area contributed by atoms with Gasteiger partial charge in [0.25, 0.3) is 12.0 Å². The molecule has 0 aromatic carbocycles. The van der Waals surface area contributed by atoms with Crippen molar-refractivity contribution in [2.75, 3.05) is 27.2 Å². The topological polar surface area (TPSA) is 82.9 Å². The number of fused-ring (bicyclic) bond motifs is 4. The van der Waals surface area contributed by atoms with Gasteiger partial charge in [0, 0.05) is 43.4 Å². The van der Waals surface area contributed by atoms with Crippen LogP contribution in [0.15, 0.2) is 33.8 Å². The molecular formula is C21H27N3O4S. The summed E-state index contributed by atoms with van der Waals surface area (Å²) in [6.45, 7) is 2.64. The highest BCUT2D eigenvalue weighted by Gasteiger charge is 2.36. The van der Waals surface area contributed by atoms with Crippen molar-refractivity contribution in [2.45, 2.75) is 31.8 Å². The van der Waals surface area contributed by atoms with Crippen molar-refractivity contribution in [2.24, 2.45) is 5.92 Å². The average molecular weight is 418 g/mol. The van der Waals surface area contributed by atoms with Gasteiger partial charge in [-0.25, -0.2) is 0 Å². The highest BCUT2D eigenvalue weighted by Crippen LogP contribution is 2.35. The van der Waals surface area contributed by atoms with E-state index in [1.54, 1.807) is 11.3 Å². The minimum Gasteiger partial charge on any atom is -0.483 e. The van der Waals surface area contributed by atoms with Gasteiger partial charge in [0.15, 0.2) is 0 Å². The van der Waals surface area contributed by atoms with E-state index in [0.29, 0.717) is 18.9 Å². The number of pyridine rings is 1. The second-order valence-corrected chi connectivity index (χ2v) is 8.73. The molecule has 7 nitrogen and oxygen atoms in total. The molecule has 156 valence electrons. The van der Waals surface area contributed by atoms with Gasteiger partial charge in [-0.05, 0) is 54.9 Å². The second kappa shape index (κ2) is 9.37. The lowest BCUT2D eigenvalue weighted by molar-refractivity contribution is -0.133. The van der Waals surface area contributed by atoms with Crippen molar-refractivity contribution in [3.8, 4) is 0 Å². The molecule has 1 amide bonds. The second-order valence-electron chi connectivity index (χ2n) is 7.95. The smallest absolute Gasteiger partial charge is 0.290 e. The molecule has 2 aliphatic heterocycles. The first-order valence-corrected chi connectivity index (χ1v) is 10.6. The third-order valence-corrected chi connectivity index (χ3v) is 6.19. The highest BCUT2D eigenvalue weighted by atomic mass is 32.1. The fraction of sp³-hybridized carbons (Fsp3) is 0.476. The predicted molar refractivity (Wildman–Crippen MR) is 112 cm³/mol. The lowest BCUT2D eigenvalue weighted by atomic mass is 9.82. The predicted octanol–water partition coefficient (Wildman–Crippen LogP) is 1.86. The highest BCUT2D eigenvalue weighted by molar-refractivity contribution is 7.08. The van der Waals surface area contributed by atoms with Crippen LogP contribution in [0.3, 0.4) is 0 Å². The molecule has 4 rings (SSSR count). The quantitative estimate of drug-likeness (QED) is 0.768. The van der Waals surface area contributed by atoms with E-state index in [9.17, 15) is 9.59 Å². The van der Waals surface area contributed by atoms with Crippen molar-refractivity contribution in [3.05, 3.63) is 56.1 Å². The molecule has 2 aliphatic rings. The SMILES string of the molecule is CN(C)Cc1ccc2n(c1=O)C[C@H]1C[C@@H]2CN(C(=O)Cc2ccsc2)C1.O=CO. The van der Waals surface area contributed by atoms with Crippen molar-refractivity contribution in [1.29, 1.82) is 0 Å². The largest absolute Gasteiger partial charge is 0.483 e. The molecule has 1 saturated heterocycles. The van der Waals surface area contributed by atoms with Gasteiger partial charge in [0.1, 0.15) is 0 Å². The van der Waals surface area contributed by atoms with E-state index in [1.807, 2.05) is 51.4 Å². The van der Waals surface area contributed by atoms with Crippen LogP contribution in [0.5, 0.6) is 0 Å². The van der Waals surface area contributed by atoms with E-state index in [-0.39, 0.29) is 23.9 Å². The third kappa shape index (κ3) is 4.94. The number of rotatable bonds is 4. The Kier molecular flexibility index (Phi) is 6.87. The summed E-state index contributed by atoms with van der Waals surface area (Å²) >= 11 is 1.63. The fourth-order valence-corrected chi connectivity index (χ4v) is 5.00. The molecule has 2 aromatic rings. The molecule has 0 radical (unpaired) electrons. The lowest BCUT2D eigenvalue weighted by Crippen LogP contribution is -2.49. The van der Waals surface area contributed by atoms with Crippen LogP contribution >= 0.6 is 11.3 Å². The molecular weight excluding hydrogens is 390 g/mol. The summed E-state index contributed by atoms with van der Waals surface area (Å²) in [4.78, 5) is 38.0. The van der Waals surface area contributed by atoms with Crippen molar-refractivity contribution < 1.29 is 14.7 Å². The van der Waals surface area contributed by atoms with E-state index in [2.05, 4.69) is 6.07 Å². The van der Waals surface area contributed by atoms with Crippen LogP contribution in [0.2, 0.25) is 0 Å². The summed E-state index contributed by atoms with van der Waals surface area (Å²) in [5.74, 6) is 0.855. The van der Waals surface area contributed by atoms with Gasteiger partial charge < -0.3 is 19.5 Å². The first-order chi connectivity index (χ1) is 13.9. The molecule has 29 heavy (non-hydrogen) atoms. The molecule has 1 N–H and O–H groups in total. The van der Waals surface area contributed by atoms with E-state index in [1.165, 1.54) is 0 Å². The Morgan fingerprint density at radius 3 is 2.69 bits per heavy atom. The summed E-state index contributed by atoms with van der Waals surface area (Å²) in [6, 6.07) is 6.10. The van der Waals surface area contributed by atoms with Crippen LogP contribution in [0, 0.1) is 5.92 Å². The fourth-order valence-electron chi connectivity index (χ4n) is 4.34. The zero-order chi connectivity index (χ0) is 21.0. The van der Waals surface area contributed by atoms with Crippen LogP contribution in [0.4, 0.5) is 0 Å². The van der Waals surface area contributed by atoms with Crippen LogP contribution in [-0.4, -0.2) is 59.0 Å². The molecule has 4 heterocycles. The zero-order valence-corrected chi connectivity index (χ0v) is 17.6. The Morgan fingerprint density at radius 2 is 2.03 bits per heavy atom. The average Bonchev–Trinajstić information content (AvgIpc) is 3.17. The molecule has 2 aromatic heterocycles. The Morgan fingerprint density at radius 1 is 1.28 bits per heavy atom. The van der Waals surface area contributed by atoms with E-state index < -0.39 is 0 Å². The Labute approximate surface area is 174 Å². The van der Waals surface area contributed by atoms with Crippen molar-refractivity contribution in [1.82, 2.24) is 14.4 Å². The van der Waals surface area contributed by atoms with E-state index >= 15 is 0 Å². The normalized spacial score (nSPS) is 19.9. The molecule has 0 unspecified atom stereocenters. The number of hydrogen-bond donors (Lipinski definition) is 1. The van der Waals surface area contributed by atoms with Crippen LogP contribution in [0.1, 0.15) is 29.2 Å². The first kappa shape index (κ1) is 21.3. The van der Waals surface area contributed by atoms with E-state index in [4.69, 9.17) is 9.90 Å². The minimum atomic E-state index is -0.250. The number of piperidine rings is 1. The maximum atomic E-state index is 12.9. The van der Waals surface area contributed by atoms with Gasteiger partial charge in [-0.15, -0.1) is 0 Å². The van der Waals surface area contributed by atoms with Gasteiger partial charge >= 0.3 is 0 Å². The Hall–Kier alpha value is -2.45. The number of amides is 1. The molecule has 8 heteroatoms. The van der Waals surface area contributed by atoms with E-state index in [0.717, 1.165) is 42.9 Å². The number of carbonyl (C=O) groups is 2. The summed E-state index contributed by atoms with van der Waals surface area (Å²) in [5, 5.41) is 10.9. The monoisotopic (exact) mass is 417 g/mol. The molecule has 0 aliphatic carbocycles. The number of nitrogens with zero attached hydrogens (tertiary/aromatic N) is 3. The number of aromatic nitrogens is 1. The molecule has 0 saturated carbocycles. The van der Waals surface area contributed by atoms with Crippen molar-refractivity contribution >= 4 is 23.7 Å². The standard InChI is InChI=1S/C20H25N3O2S.CH2O2/c1-21(2)11-16-3-4-18-17-7-15(10-23(18)20(16)25)9-22(12-17)19(24)8-14-5-6-26-13-14;2-1-3/h3-6,13,15,17H,7-12H2,1-2H3;1H,(H,2,3)/t15-,17+;/m0./s1. The summed E-state index contributed by atoms with van der Waals surface area (Å²) in [5.41, 5.74) is 3.19. The Bertz CT molecular complexity index is 907. The maximum absolute atomic E-state index is 12.9. The molecule has 2 bridgehead atoms. The number of hydrogen-bond acceptors (Lipinski definition) is 5. The van der Waals surface area contributed by atoms with Gasteiger partial charge in [-0.2, -0.15) is 11.3 Å². The van der Waals surface area contributed by atoms with Crippen LogP contribution in [0.25, 0.3) is 0 Å². The molecule has 2 atom stereocenters.